The topological polar surface area (TPSA) is 0 Å². The number of thiol groups is 1. The molecular weight excluding hydrogens is 135 g/mol. The highest BCUT2D eigenvalue weighted by molar-refractivity contribution is 8.38. The second kappa shape index (κ2) is 5.91. The number of unbranched alkanes of at least 4 members (excludes halogenated alkanes) is 1. The van der Waals surface area contributed by atoms with Gasteiger partial charge in [-0.2, -0.15) is 12.2 Å². The van der Waals surface area contributed by atoms with Gasteiger partial charge in [0, 0.05) is 0 Å². The summed E-state index contributed by atoms with van der Waals surface area (Å²) in [6.07, 6.45) is 4.05. The van der Waals surface area contributed by atoms with E-state index in [0.29, 0.717) is 0 Å². The third-order valence-corrected chi connectivity index (χ3v) is 3.26. The second-order valence-electron chi connectivity index (χ2n) is 2.17. The van der Waals surface area contributed by atoms with Crippen LogP contribution in [-0.4, -0.2) is 5.66 Å². The van der Waals surface area contributed by atoms with Crippen molar-refractivity contribution in [1.29, 1.82) is 0 Å². The first-order valence-corrected chi connectivity index (χ1v) is 5.57. The zero-order chi connectivity index (χ0) is 6.41. The Hall–Kier alpha value is 0.780. The average molecular weight is 150 g/mol. The molecule has 0 aliphatic heterocycles. The van der Waals surface area contributed by atoms with Gasteiger partial charge in [0.05, 0.1) is 0 Å². The van der Waals surface area contributed by atoms with Crippen LogP contribution in [0.2, 0.25) is 0 Å². The third-order valence-electron chi connectivity index (χ3n) is 1.21. The Labute approximate surface area is 59.4 Å². The van der Waals surface area contributed by atoms with Gasteiger partial charge in [0.25, 0.3) is 0 Å². The SMILES string of the molecule is CCCCC(C)PS. The van der Waals surface area contributed by atoms with Crippen LogP contribution in [0.5, 0.6) is 0 Å². The summed E-state index contributed by atoms with van der Waals surface area (Å²) in [4.78, 5) is 0. The fourth-order valence-electron chi connectivity index (χ4n) is 0.575. The monoisotopic (exact) mass is 150 g/mol. The van der Waals surface area contributed by atoms with Gasteiger partial charge in [0.1, 0.15) is 0 Å². The lowest BCUT2D eigenvalue weighted by Crippen LogP contribution is -1.89. The van der Waals surface area contributed by atoms with Crippen molar-refractivity contribution in [2.75, 3.05) is 0 Å². The molecule has 0 bridgehead atoms. The maximum Gasteiger partial charge on any atom is -0.0175 e. The first-order valence-electron chi connectivity index (χ1n) is 3.20. The Morgan fingerprint density at radius 3 is 2.62 bits per heavy atom. The van der Waals surface area contributed by atoms with Crippen LogP contribution in [0.4, 0.5) is 0 Å². The van der Waals surface area contributed by atoms with Crippen molar-refractivity contribution >= 4 is 20.0 Å². The highest BCUT2D eigenvalue weighted by Crippen LogP contribution is 2.26. The van der Waals surface area contributed by atoms with E-state index in [4.69, 9.17) is 0 Å². The Bertz CT molecular complexity index is 47.8. The molecule has 0 aliphatic carbocycles. The van der Waals surface area contributed by atoms with Gasteiger partial charge >= 0.3 is 0 Å². The van der Waals surface area contributed by atoms with Crippen LogP contribution in [0, 0.1) is 0 Å². The Balaban J connectivity index is 2.86. The zero-order valence-corrected chi connectivity index (χ0v) is 7.54. The average Bonchev–Trinajstić information content (AvgIpc) is 1.83. The lowest BCUT2D eigenvalue weighted by atomic mass is 10.2. The Morgan fingerprint density at radius 2 is 2.25 bits per heavy atom. The lowest BCUT2D eigenvalue weighted by Gasteiger charge is -2.03. The van der Waals surface area contributed by atoms with Crippen molar-refractivity contribution in [2.45, 2.75) is 38.8 Å². The molecule has 8 heavy (non-hydrogen) atoms. The number of hydrogen-bond acceptors (Lipinski definition) is 1. The minimum absolute atomic E-state index is 0.836. The fraction of sp³-hybridized carbons (Fsp3) is 1.00. The van der Waals surface area contributed by atoms with E-state index >= 15 is 0 Å². The molecule has 0 radical (unpaired) electrons. The van der Waals surface area contributed by atoms with Crippen LogP contribution in [0.25, 0.3) is 0 Å². The molecule has 50 valence electrons. The summed E-state index contributed by atoms with van der Waals surface area (Å²) < 4.78 is 0. The molecule has 0 aromatic carbocycles. The first kappa shape index (κ1) is 8.78. The fourth-order valence-corrected chi connectivity index (χ4v) is 1.30. The van der Waals surface area contributed by atoms with Gasteiger partial charge in [0.2, 0.25) is 0 Å². The van der Waals surface area contributed by atoms with Crippen LogP contribution in [0.15, 0.2) is 0 Å². The van der Waals surface area contributed by atoms with Crippen molar-refractivity contribution in [3.8, 4) is 0 Å². The summed E-state index contributed by atoms with van der Waals surface area (Å²) in [5.41, 5.74) is 0.846. The molecule has 0 saturated heterocycles. The summed E-state index contributed by atoms with van der Waals surface area (Å²) in [7, 11) is 0.836. The van der Waals surface area contributed by atoms with E-state index in [2.05, 4.69) is 26.1 Å². The highest BCUT2D eigenvalue weighted by atomic mass is 32.7. The molecule has 0 N–H and O–H groups in total. The van der Waals surface area contributed by atoms with Gasteiger partial charge in [-0.15, -0.1) is 0 Å². The normalized spacial score (nSPS) is 15.4. The first-order chi connectivity index (χ1) is 3.81. The van der Waals surface area contributed by atoms with Gasteiger partial charge < -0.3 is 0 Å². The predicted molar refractivity (Wildman–Crippen MR) is 46.3 cm³/mol. The molecule has 2 unspecified atom stereocenters. The molecule has 0 amide bonds. The standard InChI is InChI=1S/C6H15PS/c1-3-4-5-6(2)7-8/h6-8H,3-5H2,1-2H3. The lowest BCUT2D eigenvalue weighted by molar-refractivity contribution is 0.712. The summed E-state index contributed by atoms with van der Waals surface area (Å²) >= 11 is 4.22. The minimum Gasteiger partial charge on any atom is -0.154 e. The van der Waals surface area contributed by atoms with Crippen molar-refractivity contribution in [3.05, 3.63) is 0 Å². The maximum atomic E-state index is 4.22. The highest BCUT2D eigenvalue weighted by Gasteiger charge is 1.95. The van der Waals surface area contributed by atoms with Gasteiger partial charge in [-0.3, -0.25) is 0 Å². The van der Waals surface area contributed by atoms with E-state index in [1.54, 1.807) is 0 Å². The molecule has 0 saturated carbocycles. The van der Waals surface area contributed by atoms with Crippen LogP contribution >= 0.6 is 20.0 Å². The Kier molecular flexibility index (Phi) is 6.48. The molecule has 0 spiro atoms. The van der Waals surface area contributed by atoms with Crippen LogP contribution in [0.1, 0.15) is 33.1 Å². The van der Waals surface area contributed by atoms with E-state index in [-0.39, 0.29) is 0 Å². The third kappa shape index (κ3) is 4.93. The van der Waals surface area contributed by atoms with E-state index in [1.165, 1.54) is 19.3 Å². The van der Waals surface area contributed by atoms with Crippen molar-refractivity contribution < 1.29 is 0 Å². The van der Waals surface area contributed by atoms with Gasteiger partial charge in [-0.1, -0.05) is 34.5 Å². The van der Waals surface area contributed by atoms with Crippen molar-refractivity contribution in [2.24, 2.45) is 0 Å². The minimum atomic E-state index is 0.836. The zero-order valence-electron chi connectivity index (χ0n) is 5.65. The van der Waals surface area contributed by atoms with Gasteiger partial charge in [0.15, 0.2) is 0 Å². The smallest absolute Gasteiger partial charge is 0.0175 e. The van der Waals surface area contributed by atoms with Gasteiger partial charge in [-0.05, 0) is 12.1 Å². The van der Waals surface area contributed by atoms with E-state index < -0.39 is 0 Å². The van der Waals surface area contributed by atoms with E-state index in [1.807, 2.05) is 0 Å². The summed E-state index contributed by atoms with van der Waals surface area (Å²) in [5.74, 6) is 0. The molecular formula is C6H15PS. The molecule has 0 aromatic heterocycles. The predicted octanol–water partition coefficient (Wildman–Crippen LogP) is 3.09. The van der Waals surface area contributed by atoms with E-state index in [9.17, 15) is 0 Å². The molecule has 0 heterocycles. The number of hydrogen-bond donors (Lipinski definition) is 1. The number of rotatable bonds is 4. The van der Waals surface area contributed by atoms with Crippen LogP contribution in [-0.2, 0) is 0 Å². The second-order valence-corrected chi connectivity index (χ2v) is 4.19. The summed E-state index contributed by atoms with van der Waals surface area (Å²) in [5, 5.41) is 0. The molecule has 2 atom stereocenters. The summed E-state index contributed by atoms with van der Waals surface area (Å²) in [6.45, 7) is 4.50. The van der Waals surface area contributed by atoms with Crippen LogP contribution < -0.4 is 0 Å². The largest absolute Gasteiger partial charge is 0.154 e. The molecule has 0 nitrogen and oxygen atoms in total. The summed E-state index contributed by atoms with van der Waals surface area (Å²) in [6, 6.07) is 0. The molecule has 2 heteroatoms. The van der Waals surface area contributed by atoms with Crippen molar-refractivity contribution in [3.63, 3.8) is 0 Å². The maximum absolute atomic E-state index is 4.22. The van der Waals surface area contributed by atoms with Crippen LogP contribution in [0.3, 0.4) is 0 Å². The molecule has 0 rings (SSSR count). The molecule has 0 aliphatic rings. The van der Waals surface area contributed by atoms with E-state index in [0.717, 1.165) is 13.4 Å². The van der Waals surface area contributed by atoms with Gasteiger partial charge in [-0.25, -0.2) is 0 Å². The Morgan fingerprint density at radius 1 is 1.62 bits per heavy atom. The van der Waals surface area contributed by atoms with Crippen molar-refractivity contribution in [1.82, 2.24) is 0 Å². The molecule has 0 fully saturated rings. The quantitative estimate of drug-likeness (QED) is 0.462. The molecule has 0 aromatic rings.